The van der Waals surface area contributed by atoms with Crippen LogP contribution in [0.4, 0.5) is 5.82 Å². The van der Waals surface area contributed by atoms with E-state index in [2.05, 4.69) is 26.7 Å². The maximum Gasteiger partial charge on any atom is 0.252 e. The van der Waals surface area contributed by atoms with Gasteiger partial charge in [-0.1, -0.05) is 0 Å². The van der Waals surface area contributed by atoms with Gasteiger partial charge in [-0.25, -0.2) is 4.98 Å². The fourth-order valence-electron chi connectivity index (χ4n) is 2.74. The van der Waals surface area contributed by atoms with Crippen molar-refractivity contribution in [1.82, 2.24) is 15.3 Å². The number of nitriles is 1. The number of pyridine rings is 2. The third-order valence-electron chi connectivity index (χ3n) is 4.06. The predicted molar refractivity (Wildman–Crippen MR) is 97.6 cm³/mol. The van der Waals surface area contributed by atoms with E-state index in [1.54, 1.807) is 30.5 Å². The molecule has 2 aromatic heterocycles. The smallest absolute Gasteiger partial charge is 0.252 e. The Hall–Kier alpha value is -3.86. The monoisotopic (exact) mass is 361 g/mol. The van der Waals surface area contributed by atoms with Crippen LogP contribution in [0.3, 0.4) is 0 Å². The number of benzene rings is 1. The Kier molecular flexibility index (Phi) is 4.41. The number of aromatic nitrogens is 2. The lowest BCUT2D eigenvalue weighted by Gasteiger charge is -2.10. The Morgan fingerprint density at radius 2 is 2.07 bits per heavy atom. The molecule has 0 fully saturated rings. The van der Waals surface area contributed by atoms with Gasteiger partial charge in [0.1, 0.15) is 11.9 Å². The molecule has 8 nitrogen and oxygen atoms in total. The van der Waals surface area contributed by atoms with Crippen LogP contribution in [-0.2, 0) is 0 Å². The van der Waals surface area contributed by atoms with E-state index in [9.17, 15) is 10.1 Å². The van der Waals surface area contributed by atoms with Crippen LogP contribution in [0.25, 0.3) is 10.9 Å². The molecule has 1 amide bonds. The molecule has 0 bridgehead atoms. The van der Waals surface area contributed by atoms with Crippen LogP contribution in [0.2, 0.25) is 0 Å². The van der Waals surface area contributed by atoms with Crippen LogP contribution in [0.5, 0.6) is 11.5 Å². The molecule has 134 valence electrons. The fourth-order valence-corrected chi connectivity index (χ4v) is 2.74. The molecule has 1 aliphatic heterocycles. The summed E-state index contributed by atoms with van der Waals surface area (Å²) in [6, 6.07) is 10.9. The average molecular weight is 361 g/mol. The topological polar surface area (TPSA) is 109 Å². The number of carbonyl (C=O) groups is 1. The van der Waals surface area contributed by atoms with E-state index in [1.165, 1.54) is 6.20 Å². The number of anilines is 1. The van der Waals surface area contributed by atoms with Crippen molar-refractivity contribution in [3.8, 4) is 17.6 Å². The number of ether oxygens (including phenoxy) is 2. The summed E-state index contributed by atoms with van der Waals surface area (Å²) in [6.07, 6.45) is 3.12. The summed E-state index contributed by atoms with van der Waals surface area (Å²) in [4.78, 5) is 20.4. The Balaban J connectivity index is 1.44. The van der Waals surface area contributed by atoms with Gasteiger partial charge in [-0.05, 0) is 24.3 Å². The highest BCUT2D eigenvalue weighted by atomic mass is 16.7. The summed E-state index contributed by atoms with van der Waals surface area (Å²) in [5, 5.41) is 16.1. The minimum Gasteiger partial charge on any atom is -0.454 e. The molecule has 2 N–H and O–H groups in total. The van der Waals surface area contributed by atoms with Gasteiger partial charge in [0.05, 0.1) is 16.6 Å². The zero-order chi connectivity index (χ0) is 18.6. The van der Waals surface area contributed by atoms with Gasteiger partial charge in [0.2, 0.25) is 6.79 Å². The summed E-state index contributed by atoms with van der Waals surface area (Å²) in [6.45, 7) is 0.974. The molecule has 0 atom stereocenters. The first kappa shape index (κ1) is 16.6. The molecule has 1 aromatic carbocycles. The van der Waals surface area contributed by atoms with Crippen molar-refractivity contribution in [1.29, 1.82) is 5.26 Å². The van der Waals surface area contributed by atoms with Crippen molar-refractivity contribution in [2.75, 3.05) is 25.2 Å². The molecule has 0 saturated heterocycles. The number of hydrogen-bond donors (Lipinski definition) is 2. The number of amides is 1. The Bertz CT molecular complexity index is 1050. The van der Waals surface area contributed by atoms with E-state index in [0.29, 0.717) is 47.1 Å². The molecule has 0 radical (unpaired) electrons. The van der Waals surface area contributed by atoms with E-state index in [-0.39, 0.29) is 12.7 Å². The summed E-state index contributed by atoms with van der Waals surface area (Å²) in [5.41, 5.74) is 1.61. The van der Waals surface area contributed by atoms with Crippen LogP contribution in [0.15, 0.2) is 42.7 Å². The highest BCUT2D eigenvalue weighted by Crippen LogP contribution is 2.36. The van der Waals surface area contributed by atoms with Gasteiger partial charge in [-0.2, -0.15) is 5.26 Å². The predicted octanol–water partition coefficient (Wildman–Crippen LogP) is 2.07. The van der Waals surface area contributed by atoms with Gasteiger partial charge in [0.25, 0.3) is 5.91 Å². The number of rotatable bonds is 5. The van der Waals surface area contributed by atoms with Gasteiger partial charge in [-0.3, -0.25) is 9.78 Å². The van der Waals surface area contributed by atoms with Crippen molar-refractivity contribution in [3.05, 3.63) is 53.9 Å². The van der Waals surface area contributed by atoms with Gasteiger partial charge in [-0.15, -0.1) is 0 Å². The van der Waals surface area contributed by atoms with Crippen molar-refractivity contribution in [3.63, 3.8) is 0 Å². The number of carbonyl (C=O) groups excluding carboxylic acids is 1. The molecule has 0 unspecified atom stereocenters. The van der Waals surface area contributed by atoms with Gasteiger partial charge in [0, 0.05) is 36.9 Å². The molecule has 27 heavy (non-hydrogen) atoms. The molecule has 3 aromatic rings. The first-order chi connectivity index (χ1) is 13.2. The molecule has 3 heterocycles. The van der Waals surface area contributed by atoms with E-state index in [4.69, 9.17) is 9.47 Å². The normalized spacial score (nSPS) is 11.8. The summed E-state index contributed by atoms with van der Waals surface area (Å²) in [5.74, 6) is 1.53. The lowest BCUT2D eigenvalue weighted by Crippen LogP contribution is -2.29. The van der Waals surface area contributed by atoms with Crippen LogP contribution >= 0.6 is 0 Å². The Morgan fingerprint density at radius 3 is 2.85 bits per heavy atom. The summed E-state index contributed by atoms with van der Waals surface area (Å²) in [7, 11) is 0. The lowest BCUT2D eigenvalue weighted by molar-refractivity contribution is 0.0955. The van der Waals surface area contributed by atoms with E-state index < -0.39 is 0 Å². The zero-order valence-corrected chi connectivity index (χ0v) is 14.2. The number of nitrogens with one attached hydrogen (secondary N) is 2. The SMILES string of the molecule is N#Cc1cc2cc3c(cc2nc1NCCNC(=O)c1cccnc1)OCO3. The second-order valence-electron chi connectivity index (χ2n) is 5.82. The average Bonchev–Trinajstić information content (AvgIpc) is 3.16. The third kappa shape index (κ3) is 3.43. The highest BCUT2D eigenvalue weighted by molar-refractivity contribution is 5.93. The standard InChI is InChI=1S/C19H15N5O3/c20-9-14-6-13-7-16-17(27-11-26-16)8-15(13)24-18(14)22-4-5-23-19(25)12-2-1-3-21-10-12/h1-3,6-8,10H,4-5,11H2,(H,22,24)(H,23,25). The second kappa shape index (κ2) is 7.17. The van der Waals surface area contributed by atoms with Crippen LogP contribution in [-0.4, -0.2) is 35.8 Å². The van der Waals surface area contributed by atoms with E-state index in [1.807, 2.05) is 6.07 Å². The van der Waals surface area contributed by atoms with Gasteiger partial charge >= 0.3 is 0 Å². The lowest BCUT2D eigenvalue weighted by atomic mass is 10.1. The van der Waals surface area contributed by atoms with Gasteiger partial charge in [0.15, 0.2) is 11.5 Å². The third-order valence-corrected chi connectivity index (χ3v) is 4.06. The fraction of sp³-hybridized carbons (Fsp3) is 0.158. The molecule has 0 spiro atoms. The Morgan fingerprint density at radius 1 is 1.22 bits per heavy atom. The Labute approximate surface area is 154 Å². The summed E-state index contributed by atoms with van der Waals surface area (Å²) >= 11 is 0. The van der Waals surface area contributed by atoms with Crippen LogP contribution in [0, 0.1) is 11.3 Å². The van der Waals surface area contributed by atoms with Crippen molar-refractivity contribution in [2.24, 2.45) is 0 Å². The van der Waals surface area contributed by atoms with Crippen molar-refractivity contribution >= 4 is 22.6 Å². The number of nitrogens with zero attached hydrogens (tertiary/aromatic N) is 3. The molecule has 4 rings (SSSR count). The highest BCUT2D eigenvalue weighted by Gasteiger charge is 2.16. The van der Waals surface area contributed by atoms with Crippen LogP contribution < -0.4 is 20.1 Å². The number of hydrogen-bond acceptors (Lipinski definition) is 7. The molecular weight excluding hydrogens is 346 g/mol. The molecule has 1 aliphatic rings. The van der Waals surface area contributed by atoms with Crippen molar-refractivity contribution < 1.29 is 14.3 Å². The minimum atomic E-state index is -0.204. The minimum absolute atomic E-state index is 0.179. The maximum absolute atomic E-state index is 12.0. The maximum atomic E-state index is 12.0. The summed E-state index contributed by atoms with van der Waals surface area (Å²) < 4.78 is 10.7. The molecule has 0 saturated carbocycles. The van der Waals surface area contributed by atoms with Crippen molar-refractivity contribution in [2.45, 2.75) is 0 Å². The first-order valence-electron chi connectivity index (χ1n) is 8.31. The second-order valence-corrected chi connectivity index (χ2v) is 5.82. The van der Waals surface area contributed by atoms with E-state index in [0.717, 1.165) is 5.39 Å². The quantitative estimate of drug-likeness (QED) is 0.670. The molecule has 0 aliphatic carbocycles. The van der Waals surface area contributed by atoms with E-state index >= 15 is 0 Å². The largest absolute Gasteiger partial charge is 0.454 e. The zero-order valence-electron chi connectivity index (χ0n) is 14.2. The number of fused-ring (bicyclic) bond motifs is 2. The molecule has 8 heteroatoms. The van der Waals surface area contributed by atoms with Gasteiger partial charge < -0.3 is 20.1 Å². The first-order valence-corrected chi connectivity index (χ1v) is 8.31. The van der Waals surface area contributed by atoms with Crippen LogP contribution in [0.1, 0.15) is 15.9 Å². The molecular formula is C19H15N5O3.